The van der Waals surface area contributed by atoms with Crippen molar-refractivity contribution in [2.75, 3.05) is 25.5 Å². The summed E-state index contributed by atoms with van der Waals surface area (Å²) in [7, 11) is 2.11. The highest BCUT2D eigenvalue weighted by molar-refractivity contribution is 6.02. The molecule has 0 unspecified atom stereocenters. The van der Waals surface area contributed by atoms with Crippen molar-refractivity contribution in [3.05, 3.63) is 35.8 Å². The van der Waals surface area contributed by atoms with Crippen LogP contribution >= 0.6 is 0 Å². The smallest absolute Gasteiger partial charge is 0.273 e. The molecule has 2 aromatic heterocycles. The summed E-state index contributed by atoms with van der Waals surface area (Å²) >= 11 is 0. The number of H-pyrrole nitrogens is 1. The number of aromatic amines is 1. The molecule has 1 fully saturated rings. The average molecular weight is 298 g/mol. The molecule has 7 heteroatoms. The molecule has 3 heterocycles. The SMILES string of the molecule is CN1CCC(n2nccc2NC(=O)c2cc(C#N)c[nH]2)CC1. The Labute approximate surface area is 128 Å². The van der Waals surface area contributed by atoms with Crippen LogP contribution in [0.1, 0.15) is 34.9 Å². The first-order valence-electron chi connectivity index (χ1n) is 7.29. The van der Waals surface area contributed by atoms with E-state index in [-0.39, 0.29) is 5.91 Å². The Balaban J connectivity index is 1.72. The summed E-state index contributed by atoms with van der Waals surface area (Å²) in [6, 6.07) is 5.63. The van der Waals surface area contributed by atoms with Gasteiger partial charge in [-0.2, -0.15) is 10.4 Å². The molecule has 2 N–H and O–H groups in total. The Morgan fingerprint density at radius 1 is 1.50 bits per heavy atom. The van der Waals surface area contributed by atoms with Crippen LogP contribution in [0.4, 0.5) is 5.82 Å². The first-order chi connectivity index (χ1) is 10.7. The van der Waals surface area contributed by atoms with Crippen molar-refractivity contribution in [1.29, 1.82) is 5.26 Å². The molecule has 0 bridgehead atoms. The summed E-state index contributed by atoms with van der Waals surface area (Å²) in [5, 5.41) is 16.0. The molecule has 1 aliphatic rings. The summed E-state index contributed by atoms with van der Waals surface area (Å²) in [4.78, 5) is 17.3. The number of likely N-dealkylation sites (tertiary alicyclic amines) is 1. The third-order valence-electron chi connectivity index (χ3n) is 4.00. The zero-order valence-corrected chi connectivity index (χ0v) is 12.4. The van der Waals surface area contributed by atoms with Crippen molar-refractivity contribution < 1.29 is 4.79 Å². The van der Waals surface area contributed by atoms with Gasteiger partial charge in [-0.15, -0.1) is 0 Å². The van der Waals surface area contributed by atoms with Gasteiger partial charge in [0.2, 0.25) is 0 Å². The largest absolute Gasteiger partial charge is 0.356 e. The number of piperidine rings is 1. The Morgan fingerprint density at radius 2 is 2.27 bits per heavy atom. The first kappa shape index (κ1) is 14.4. The van der Waals surface area contributed by atoms with Gasteiger partial charge < -0.3 is 15.2 Å². The Bertz CT molecular complexity index is 702. The lowest BCUT2D eigenvalue weighted by Gasteiger charge is -2.29. The molecule has 0 saturated carbocycles. The fourth-order valence-electron chi connectivity index (χ4n) is 2.72. The van der Waals surface area contributed by atoms with Crippen LogP contribution in [-0.4, -0.2) is 45.7 Å². The van der Waals surface area contributed by atoms with Gasteiger partial charge in [-0.05, 0) is 39.0 Å². The molecule has 0 aromatic carbocycles. The number of carbonyl (C=O) groups excluding carboxylic acids is 1. The van der Waals surface area contributed by atoms with Crippen LogP contribution in [0.15, 0.2) is 24.5 Å². The quantitative estimate of drug-likeness (QED) is 0.900. The zero-order valence-electron chi connectivity index (χ0n) is 12.4. The number of hydrogen-bond donors (Lipinski definition) is 2. The third kappa shape index (κ3) is 2.87. The number of amides is 1. The Kier molecular flexibility index (Phi) is 3.94. The van der Waals surface area contributed by atoms with E-state index in [1.807, 2.05) is 10.8 Å². The number of anilines is 1. The number of nitrogens with one attached hydrogen (secondary N) is 2. The Morgan fingerprint density at radius 3 is 2.95 bits per heavy atom. The topological polar surface area (TPSA) is 89.7 Å². The van der Waals surface area contributed by atoms with Crippen LogP contribution in [0.25, 0.3) is 0 Å². The monoisotopic (exact) mass is 298 g/mol. The van der Waals surface area contributed by atoms with Crippen molar-refractivity contribution in [3.63, 3.8) is 0 Å². The zero-order chi connectivity index (χ0) is 15.5. The maximum atomic E-state index is 12.2. The molecule has 22 heavy (non-hydrogen) atoms. The fraction of sp³-hybridized carbons (Fsp3) is 0.400. The second-order valence-corrected chi connectivity index (χ2v) is 5.56. The van der Waals surface area contributed by atoms with Gasteiger partial charge in [-0.1, -0.05) is 0 Å². The minimum Gasteiger partial charge on any atom is -0.356 e. The maximum Gasteiger partial charge on any atom is 0.273 e. The van der Waals surface area contributed by atoms with E-state index >= 15 is 0 Å². The molecule has 0 radical (unpaired) electrons. The number of carbonyl (C=O) groups is 1. The molecule has 3 rings (SSSR count). The van der Waals surface area contributed by atoms with Gasteiger partial charge in [0.05, 0.1) is 17.8 Å². The normalized spacial score (nSPS) is 16.4. The van der Waals surface area contributed by atoms with E-state index in [4.69, 9.17) is 5.26 Å². The molecule has 0 spiro atoms. The van der Waals surface area contributed by atoms with Crippen molar-refractivity contribution in [2.45, 2.75) is 18.9 Å². The molecule has 114 valence electrons. The van der Waals surface area contributed by atoms with Gasteiger partial charge in [-0.25, -0.2) is 4.68 Å². The van der Waals surface area contributed by atoms with Crippen molar-refractivity contribution in [2.24, 2.45) is 0 Å². The molecule has 0 atom stereocenters. The van der Waals surface area contributed by atoms with Crippen molar-refractivity contribution in [1.82, 2.24) is 19.7 Å². The average Bonchev–Trinajstić information content (AvgIpc) is 3.17. The Hall–Kier alpha value is -2.59. The number of nitriles is 1. The van der Waals surface area contributed by atoms with Gasteiger partial charge in [0.25, 0.3) is 5.91 Å². The molecule has 1 amide bonds. The van der Waals surface area contributed by atoms with Crippen LogP contribution in [0.2, 0.25) is 0 Å². The minimum absolute atomic E-state index is 0.267. The molecular weight excluding hydrogens is 280 g/mol. The maximum absolute atomic E-state index is 12.2. The molecule has 1 saturated heterocycles. The molecule has 0 aliphatic carbocycles. The van der Waals surface area contributed by atoms with Crippen molar-refractivity contribution in [3.8, 4) is 6.07 Å². The second kappa shape index (κ2) is 6.03. The molecule has 2 aromatic rings. The van der Waals surface area contributed by atoms with Gasteiger partial charge in [-0.3, -0.25) is 4.79 Å². The second-order valence-electron chi connectivity index (χ2n) is 5.56. The van der Waals surface area contributed by atoms with E-state index in [0.29, 0.717) is 23.1 Å². The highest BCUT2D eigenvalue weighted by Crippen LogP contribution is 2.24. The van der Waals surface area contributed by atoms with Crippen molar-refractivity contribution >= 4 is 11.7 Å². The van der Waals surface area contributed by atoms with E-state index in [9.17, 15) is 4.79 Å². The van der Waals surface area contributed by atoms with Gasteiger partial charge >= 0.3 is 0 Å². The van der Waals surface area contributed by atoms with Crippen LogP contribution in [-0.2, 0) is 0 Å². The van der Waals surface area contributed by atoms with Gasteiger partial charge in [0.1, 0.15) is 17.6 Å². The fourth-order valence-corrected chi connectivity index (χ4v) is 2.72. The third-order valence-corrected chi connectivity index (χ3v) is 4.00. The van der Waals surface area contributed by atoms with Crippen LogP contribution < -0.4 is 5.32 Å². The predicted molar refractivity (Wildman–Crippen MR) is 81.5 cm³/mol. The lowest BCUT2D eigenvalue weighted by molar-refractivity contribution is 0.102. The number of hydrogen-bond acceptors (Lipinski definition) is 4. The number of aromatic nitrogens is 3. The molecule has 1 aliphatic heterocycles. The standard InChI is InChI=1S/C15H18N6O/c1-20-6-3-12(4-7-20)21-14(2-5-18-21)19-15(22)13-8-11(9-16)10-17-13/h2,5,8,10,12,17H,3-4,6-7H2,1H3,(H,19,22). The van der Waals surface area contributed by atoms with Gasteiger partial charge in [0, 0.05) is 12.3 Å². The molecular formula is C15H18N6O. The van der Waals surface area contributed by atoms with Crippen LogP contribution in [0, 0.1) is 11.3 Å². The first-order valence-corrected chi connectivity index (χ1v) is 7.29. The number of rotatable bonds is 3. The predicted octanol–water partition coefficient (Wildman–Crippen LogP) is 1.60. The lowest BCUT2D eigenvalue weighted by Crippen LogP contribution is -2.32. The lowest BCUT2D eigenvalue weighted by atomic mass is 10.1. The number of nitrogens with zero attached hydrogens (tertiary/aromatic N) is 4. The van der Waals surface area contributed by atoms with Crippen LogP contribution in [0.5, 0.6) is 0 Å². The summed E-state index contributed by atoms with van der Waals surface area (Å²) in [6.07, 6.45) is 5.25. The summed E-state index contributed by atoms with van der Waals surface area (Å²) in [6.45, 7) is 2.06. The highest BCUT2D eigenvalue weighted by Gasteiger charge is 2.21. The summed E-state index contributed by atoms with van der Waals surface area (Å²) in [5.41, 5.74) is 0.807. The van der Waals surface area contributed by atoms with Gasteiger partial charge in [0.15, 0.2) is 0 Å². The van der Waals surface area contributed by atoms with E-state index in [1.54, 1.807) is 12.3 Å². The minimum atomic E-state index is -0.267. The van der Waals surface area contributed by atoms with E-state index in [1.165, 1.54) is 12.3 Å². The van der Waals surface area contributed by atoms with E-state index in [2.05, 4.69) is 27.3 Å². The summed E-state index contributed by atoms with van der Waals surface area (Å²) < 4.78 is 1.89. The summed E-state index contributed by atoms with van der Waals surface area (Å²) in [5.74, 6) is 0.420. The van der Waals surface area contributed by atoms with E-state index < -0.39 is 0 Å². The molecule has 7 nitrogen and oxygen atoms in total. The van der Waals surface area contributed by atoms with E-state index in [0.717, 1.165) is 25.9 Å². The van der Waals surface area contributed by atoms with Crippen LogP contribution in [0.3, 0.4) is 0 Å². The highest BCUT2D eigenvalue weighted by atomic mass is 16.2.